The molecule has 5 heteroatoms. The van der Waals surface area contributed by atoms with Crippen molar-refractivity contribution in [3.8, 4) is 0 Å². The topological polar surface area (TPSA) is 61.8 Å². The van der Waals surface area contributed by atoms with Crippen LogP contribution in [0.2, 0.25) is 0 Å². The summed E-state index contributed by atoms with van der Waals surface area (Å²) < 4.78 is 17.4. The van der Waals surface area contributed by atoms with E-state index in [1.807, 2.05) is 0 Å². The van der Waals surface area contributed by atoms with E-state index >= 15 is 0 Å². The Balaban J connectivity index is 4.31. The number of hydrogen-bond donors (Lipinski definition) is 0. The van der Waals surface area contributed by atoms with Crippen molar-refractivity contribution < 1.29 is 23.8 Å². The summed E-state index contributed by atoms with van der Waals surface area (Å²) in [7, 11) is 0. The number of ether oxygens (including phenoxy) is 3. The molecule has 0 amide bonds. The minimum absolute atomic E-state index is 0.0667. The molecule has 0 saturated heterocycles. The number of carbonyl (C=O) groups is 2. The zero-order valence-electron chi connectivity index (χ0n) is 42.3. The summed E-state index contributed by atoms with van der Waals surface area (Å²) in [5.74, 6) is -0.428. The molecule has 1 unspecified atom stereocenters. The van der Waals surface area contributed by atoms with Crippen molar-refractivity contribution >= 4 is 11.9 Å². The van der Waals surface area contributed by atoms with Gasteiger partial charge in [0.05, 0.1) is 6.61 Å². The second-order valence-electron chi connectivity index (χ2n) is 17.7. The van der Waals surface area contributed by atoms with Crippen LogP contribution in [-0.4, -0.2) is 37.9 Å². The standard InChI is InChI=1S/C59H102O5/c1-4-7-10-13-16-19-22-25-27-29-30-31-32-35-37-40-43-46-49-52-58(60)63-56-57(64-59(61)53-50-47-44-41-38-34-24-21-18-15-12-9-6-3)55-62-54-51-48-45-42-39-36-33-28-26-23-20-17-14-11-8-5-2/h8,11,16-17,19-21,24-28,30-31,57H,4-7,9-10,12-15,18,22-23,29,32-56H2,1-3H3/b11-8-,19-16-,20-17-,24-21-,27-25-,28-26-,31-30-. The van der Waals surface area contributed by atoms with Crippen LogP contribution >= 0.6 is 0 Å². The molecule has 0 aromatic carbocycles. The van der Waals surface area contributed by atoms with E-state index in [1.54, 1.807) is 0 Å². The number of unbranched alkanes of at least 4 members (excludes halogenated alkanes) is 24. The van der Waals surface area contributed by atoms with Crippen molar-refractivity contribution in [3.63, 3.8) is 0 Å². The molecular formula is C59H102O5. The smallest absolute Gasteiger partial charge is 0.306 e. The van der Waals surface area contributed by atoms with Crippen molar-refractivity contribution in [1.29, 1.82) is 0 Å². The average Bonchev–Trinajstić information content (AvgIpc) is 3.30. The third-order valence-corrected chi connectivity index (χ3v) is 11.4. The van der Waals surface area contributed by atoms with Crippen LogP contribution in [-0.2, 0) is 23.8 Å². The molecule has 0 aliphatic heterocycles. The van der Waals surface area contributed by atoms with Gasteiger partial charge in [-0.1, -0.05) is 209 Å². The Morgan fingerprint density at radius 1 is 0.359 bits per heavy atom. The third-order valence-electron chi connectivity index (χ3n) is 11.4. The number of rotatable bonds is 49. The Morgan fingerprint density at radius 2 is 0.703 bits per heavy atom. The van der Waals surface area contributed by atoms with Crippen LogP contribution in [0.25, 0.3) is 0 Å². The predicted octanol–water partition coefficient (Wildman–Crippen LogP) is 18.5. The van der Waals surface area contributed by atoms with E-state index < -0.39 is 6.10 Å². The van der Waals surface area contributed by atoms with Crippen molar-refractivity contribution in [2.24, 2.45) is 0 Å². The molecule has 5 nitrogen and oxygen atoms in total. The van der Waals surface area contributed by atoms with Crippen LogP contribution in [0.1, 0.15) is 252 Å². The van der Waals surface area contributed by atoms with Gasteiger partial charge in [0, 0.05) is 19.4 Å². The molecule has 0 aliphatic rings. The lowest BCUT2D eigenvalue weighted by molar-refractivity contribution is -0.163. The lowest BCUT2D eigenvalue weighted by Gasteiger charge is -2.18. The maximum Gasteiger partial charge on any atom is 0.306 e. The summed E-state index contributed by atoms with van der Waals surface area (Å²) in [4.78, 5) is 25.4. The largest absolute Gasteiger partial charge is 0.462 e. The second-order valence-corrected chi connectivity index (χ2v) is 17.7. The van der Waals surface area contributed by atoms with E-state index in [0.29, 0.717) is 19.4 Å². The van der Waals surface area contributed by atoms with Crippen molar-refractivity contribution in [2.45, 2.75) is 258 Å². The van der Waals surface area contributed by atoms with Gasteiger partial charge in [0.2, 0.25) is 0 Å². The summed E-state index contributed by atoms with van der Waals surface area (Å²) >= 11 is 0. The first-order valence-corrected chi connectivity index (χ1v) is 27.1. The molecule has 0 aliphatic carbocycles. The summed E-state index contributed by atoms with van der Waals surface area (Å²) in [6.07, 6.45) is 71.6. The highest BCUT2D eigenvalue weighted by Crippen LogP contribution is 2.13. The van der Waals surface area contributed by atoms with Crippen molar-refractivity contribution in [1.82, 2.24) is 0 Å². The predicted molar refractivity (Wildman–Crippen MR) is 279 cm³/mol. The van der Waals surface area contributed by atoms with Gasteiger partial charge >= 0.3 is 11.9 Å². The fourth-order valence-electron chi connectivity index (χ4n) is 7.35. The molecule has 0 bridgehead atoms. The quantitative estimate of drug-likeness (QED) is 0.0346. The Kier molecular flexibility index (Phi) is 51.9. The van der Waals surface area contributed by atoms with Crippen molar-refractivity contribution in [3.05, 3.63) is 85.1 Å². The van der Waals surface area contributed by atoms with E-state index in [1.165, 1.54) is 116 Å². The lowest BCUT2D eigenvalue weighted by atomic mass is 10.1. The minimum Gasteiger partial charge on any atom is -0.462 e. The maximum atomic E-state index is 12.8. The molecule has 0 rings (SSSR count). The molecular weight excluding hydrogens is 789 g/mol. The van der Waals surface area contributed by atoms with Gasteiger partial charge in [-0.05, 0) is 116 Å². The van der Waals surface area contributed by atoms with Gasteiger partial charge < -0.3 is 14.2 Å². The SMILES string of the molecule is CC/C=C\C/C=C\C/C=C\CCCCCCCCOCC(COC(=O)CCCCCCCC/C=C\C/C=C\C/C=C\CCCCC)OC(=O)CCCCCCC/C=C\CCCCCC. The van der Waals surface area contributed by atoms with Gasteiger partial charge in [0.25, 0.3) is 0 Å². The van der Waals surface area contributed by atoms with Crippen LogP contribution < -0.4 is 0 Å². The molecule has 368 valence electrons. The monoisotopic (exact) mass is 891 g/mol. The fourth-order valence-corrected chi connectivity index (χ4v) is 7.35. The van der Waals surface area contributed by atoms with E-state index in [0.717, 1.165) is 103 Å². The minimum atomic E-state index is -0.556. The van der Waals surface area contributed by atoms with Crippen LogP contribution in [0, 0.1) is 0 Å². The van der Waals surface area contributed by atoms with E-state index in [4.69, 9.17) is 14.2 Å². The number of esters is 2. The molecule has 0 N–H and O–H groups in total. The molecule has 0 aromatic rings. The first-order valence-electron chi connectivity index (χ1n) is 27.1. The summed E-state index contributed by atoms with van der Waals surface area (Å²) in [6.45, 7) is 7.64. The average molecular weight is 891 g/mol. The molecule has 1 atom stereocenters. The van der Waals surface area contributed by atoms with Gasteiger partial charge in [-0.15, -0.1) is 0 Å². The normalized spacial score (nSPS) is 12.9. The summed E-state index contributed by atoms with van der Waals surface area (Å²) in [6, 6.07) is 0. The Morgan fingerprint density at radius 3 is 1.17 bits per heavy atom. The van der Waals surface area contributed by atoms with Gasteiger partial charge in [0.1, 0.15) is 6.61 Å². The Hall–Kier alpha value is -2.92. The zero-order valence-corrected chi connectivity index (χ0v) is 42.3. The van der Waals surface area contributed by atoms with Crippen LogP contribution in [0.3, 0.4) is 0 Å². The van der Waals surface area contributed by atoms with Crippen LogP contribution in [0.5, 0.6) is 0 Å². The lowest BCUT2D eigenvalue weighted by Crippen LogP contribution is -2.30. The number of carbonyl (C=O) groups excluding carboxylic acids is 2. The van der Waals surface area contributed by atoms with Gasteiger partial charge in [-0.25, -0.2) is 0 Å². The molecule has 0 heterocycles. The van der Waals surface area contributed by atoms with E-state index in [9.17, 15) is 9.59 Å². The van der Waals surface area contributed by atoms with Crippen LogP contribution in [0.4, 0.5) is 0 Å². The summed E-state index contributed by atoms with van der Waals surface area (Å²) in [5.41, 5.74) is 0. The Labute approximate surface area is 397 Å². The first-order chi connectivity index (χ1) is 31.6. The van der Waals surface area contributed by atoms with Crippen molar-refractivity contribution in [2.75, 3.05) is 19.8 Å². The third kappa shape index (κ3) is 51.7. The molecule has 0 fully saturated rings. The Bertz CT molecular complexity index is 1190. The number of allylic oxidation sites excluding steroid dienone is 14. The fraction of sp³-hybridized carbons (Fsp3) is 0.729. The molecule has 0 radical (unpaired) electrons. The molecule has 0 aromatic heterocycles. The van der Waals surface area contributed by atoms with Crippen LogP contribution in [0.15, 0.2) is 85.1 Å². The molecule has 0 saturated carbocycles. The second kappa shape index (κ2) is 54.4. The first kappa shape index (κ1) is 61.1. The highest BCUT2D eigenvalue weighted by Gasteiger charge is 2.17. The summed E-state index contributed by atoms with van der Waals surface area (Å²) in [5, 5.41) is 0. The highest BCUT2D eigenvalue weighted by molar-refractivity contribution is 5.70. The van der Waals surface area contributed by atoms with Gasteiger partial charge in [-0.3, -0.25) is 9.59 Å². The van der Waals surface area contributed by atoms with E-state index in [2.05, 4.69) is 106 Å². The number of hydrogen-bond acceptors (Lipinski definition) is 5. The molecule has 0 spiro atoms. The van der Waals surface area contributed by atoms with Gasteiger partial charge in [-0.2, -0.15) is 0 Å². The maximum absolute atomic E-state index is 12.8. The van der Waals surface area contributed by atoms with E-state index in [-0.39, 0.29) is 25.2 Å². The highest BCUT2D eigenvalue weighted by atomic mass is 16.6. The zero-order chi connectivity index (χ0) is 46.3. The molecule has 64 heavy (non-hydrogen) atoms. The van der Waals surface area contributed by atoms with Gasteiger partial charge in [0.15, 0.2) is 6.10 Å².